The molecule has 268 valence electrons. The Hall–Kier alpha value is -1.41. The normalized spacial score (nSPS) is 12.5. The highest BCUT2D eigenvalue weighted by molar-refractivity contribution is 5.78. The van der Waals surface area contributed by atoms with E-state index in [0.29, 0.717) is 5.78 Å². The van der Waals surface area contributed by atoms with E-state index in [4.69, 9.17) is 0 Å². The third kappa shape index (κ3) is 37.1. The van der Waals surface area contributed by atoms with E-state index < -0.39 is 0 Å². The Morgan fingerprint density at radius 2 is 0.826 bits per heavy atom. The molecular weight excluding hydrogens is 558 g/mol. The van der Waals surface area contributed by atoms with Gasteiger partial charge in [0.1, 0.15) is 5.78 Å². The Morgan fingerprint density at radius 1 is 0.457 bits per heavy atom. The molecule has 0 N–H and O–H groups in total. The molecular formula is C44H81NO. The molecule has 0 heterocycles. The quantitative estimate of drug-likeness (QED) is 0.0502. The summed E-state index contributed by atoms with van der Waals surface area (Å²) in [6, 6.07) is 0. The number of carbonyl (C=O) groups excluding carboxylic acids is 1. The molecule has 2 heteroatoms. The standard InChI is InChI=1S/C44H81NO/c1-5-7-9-11-13-15-17-19-21-23-25-27-29-31-33-35-37-43(39-40-44(46)41-42-45(3)4)38-36-34-32-30-28-26-24-22-20-18-16-14-12-10-8-6-2/h13-16,19-22,43H,5-12,17-18,23-42H2,1-4H3/b15-13-,16-14-,21-19-,22-20-. The molecule has 0 aromatic carbocycles. The van der Waals surface area contributed by atoms with Gasteiger partial charge in [0.15, 0.2) is 0 Å². The lowest BCUT2D eigenvalue weighted by Gasteiger charge is -2.17. The van der Waals surface area contributed by atoms with Gasteiger partial charge in [-0.15, -0.1) is 0 Å². The van der Waals surface area contributed by atoms with Crippen LogP contribution in [-0.2, 0) is 4.79 Å². The Bertz CT molecular complexity index is 682. The van der Waals surface area contributed by atoms with Crippen LogP contribution in [0.1, 0.15) is 200 Å². The van der Waals surface area contributed by atoms with Gasteiger partial charge >= 0.3 is 0 Å². The summed E-state index contributed by atoms with van der Waals surface area (Å²) < 4.78 is 0. The summed E-state index contributed by atoms with van der Waals surface area (Å²) in [6.07, 6.45) is 55.6. The molecule has 0 aromatic rings. The molecule has 0 aliphatic rings. The van der Waals surface area contributed by atoms with Crippen LogP contribution in [0.3, 0.4) is 0 Å². The van der Waals surface area contributed by atoms with Crippen LogP contribution < -0.4 is 0 Å². The van der Waals surface area contributed by atoms with E-state index in [1.54, 1.807) is 0 Å². The number of allylic oxidation sites excluding steroid dienone is 8. The largest absolute Gasteiger partial charge is 0.309 e. The van der Waals surface area contributed by atoms with Crippen LogP contribution in [0.2, 0.25) is 0 Å². The maximum Gasteiger partial charge on any atom is 0.134 e. The van der Waals surface area contributed by atoms with Gasteiger partial charge in [-0.3, -0.25) is 4.79 Å². The van der Waals surface area contributed by atoms with Crippen molar-refractivity contribution in [3.05, 3.63) is 48.6 Å². The van der Waals surface area contributed by atoms with Crippen molar-refractivity contribution in [2.24, 2.45) is 5.92 Å². The smallest absolute Gasteiger partial charge is 0.134 e. The van der Waals surface area contributed by atoms with Crippen LogP contribution in [0.25, 0.3) is 0 Å². The zero-order valence-electron chi connectivity index (χ0n) is 31.8. The van der Waals surface area contributed by atoms with E-state index in [2.05, 4.69) is 81.5 Å². The molecule has 0 aromatic heterocycles. The molecule has 0 atom stereocenters. The second-order valence-electron chi connectivity index (χ2n) is 14.2. The molecule has 0 fully saturated rings. The first-order valence-corrected chi connectivity index (χ1v) is 20.4. The highest BCUT2D eigenvalue weighted by Crippen LogP contribution is 2.24. The van der Waals surface area contributed by atoms with Gasteiger partial charge in [-0.05, 0) is 90.6 Å². The minimum Gasteiger partial charge on any atom is -0.309 e. The number of nitrogens with zero attached hydrogens (tertiary/aromatic N) is 1. The fraction of sp³-hybridized carbons (Fsp3) is 0.795. The van der Waals surface area contributed by atoms with Gasteiger partial charge in [0.25, 0.3) is 0 Å². The molecule has 0 rings (SSSR count). The SMILES string of the molecule is CCCCC/C=C\C/C=C\CCCCCCCCC(CCCCCCCC/C=C\C/C=C\CCCCC)CCC(=O)CCN(C)C. The Morgan fingerprint density at radius 3 is 1.22 bits per heavy atom. The van der Waals surface area contributed by atoms with Crippen LogP contribution in [0.4, 0.5) is 0 Å². The van der Waals surface area contributed by atoms with Crippen molar-refractivity contribution in [3.63, 3.8) is 0 Å². The summed E-state index contributed by atoms with van der Waals surface area (Å²) >= 11 is 0. The summed E-state index contributed by atoms with van der Waals surface area (Å²) in [6.45, 7) is 5.42. The molecule has 0 spiro atoms. The van der Waals surface area contributed by atoms with Crippen molar-refractivity contribution < 1.29 is 4.79 Å². The van der Waals surface area contributed by atoms with E-state index in [-0.39, 0.29) is 0 Å². The summed E-state index contributed by atoms with van der Waals surface area (Å²) in [5.74, 6) is 1.22. The molecule has 0 radical (unpaired) electrons. The maximum absolute atomic E-state index is 12.5. The zero-order valence-corrected chi connectivity index (χ0v) is 31.8. The topological polar surface area (TPSA) is 20.3 Å². The number of hydrogen-bond donors (Lipinski definition) is 0. The molecule has 46 heavy (non-hydrogen) atoms. The predicted octanol–water partition coefficient (Wildman–Crippen LogP) is 14.3. The summed E-state index contributed by atoms with van der Waals surface area (Å²) in [5, 5.41) is 0. The third-order valence-corrected chi connectivity index (χ3v) is 9.30. The van der Waals surface area contributed by atoms with Crippen molar-refractivity contribution in [3.8, 4) is 0 Å². The van der Waals surface area contributed by atoms with Gasteiger partial charge in [0, 0.05) is 19.4 Å². The average molecular weight is 640 g/mol. The fourth-order valence-corrected chi connectivity index (χ4v) is 6.11. The van der Waals surface area contributed by atoms with Crippen molar-refractivity contribution >= 4 is 5.78 Å². The molecule has 0 unspecified atom stereocenters. The average Bonchev–Trinajstić information content (AvgIpc) is 3.05. The van der Waals surface area contributed by atoms with Crippen molar-refractivity contribution in [1.82, 2.24) is 4.90 Å². The van der Waals surface area contributed by atoms with Crippen LogP contribution in [-0.4, -0.2) is 31.3 Å². The third-order valence-electron chi connectivity index (χ3n) is 9.30. The van der Waals surface area contributed by atoms with E-state index in [1.807, 2.05) is 0 Å². The lowest BCUT2D eigenvalue weighted by Crippen LogP contribution is -2.17. The molecule has 0 aliphatic heterocycles. The van der Waals surface area contributed by atoms with E-state index in [0.717, 1.165) is 44.6 Å². The number of unbranched alkanes of at least 4 members (excludes halogenated alkanes) is 18. The first kappa shape index (κ1) is 44.6. The van der Waals surface area contributed by atoms with E-state index in [1.165, 1.54) is 154 Å². The highest BCUT2D eigenvalue weighted by Gasteiger charge is 2.12. The summed E-state index contributed by atoms with van der Waals surface area (Å²) in [4.78, 5) is 14.6. The van der Waals surface area contributed by atoms with Gasteiger partial charge in [-0.2, -0.15) is 0 Å². The zero-order chi connectivity index (χ0) is 33.6. The van der Waals surface area contributed by atoms with Gasteiger partial charge in [0.05, 0.1) is 0 Å². The molecule has 0 aliphatic carbocycles. The second-order valence-corrected chi connectivity index (χ2v) is 14.2. The number of hydrogen-bond acceptors (Lipinski definition) is 2. The maximum atomic E-state index is 12.5. The minimum absolute atomic E-state index is 0.466. The van der Waals surface area contributed by atoms with Crippen LogP contribution >= 0.6 is 0 Å². The van der Waals surface area contributed by atoms with Gasteiger partial charge in [-0.1, -0.05) is 165 Å². The fourth-order valence-electron chi connectivity index (χ4n) is 6.11. The molecule has 0 amide bonds. The van der Waals surface area contributed by atoms with E-state index >= 15 is 0 Å². The minimum atomic E-state index is 0.466. The number of Topliss-reactive ketones (excluding diaryl/α,β-unsaturated/α-hetero) is 1. The Kier molecular flexibility index (Phi) is 36.9. The Balaban J connectivity index is 4.00. The van der Waals surface area contributed by atoms with Gasteiger partial charge in [-0.25, -0.2) is 0 Å². The van der Waals surface area contributed by atoms with Crippen LogP contribution in [0.15, 0.2) is 48.6 Å². The van der Waals surface area contributed by atoms with Crippen LogP contribution in [0.5, 0.6) is 0 Å². The molecule has 2 nitrogen and oxygen atoms in total. The summed E-state index contributed by atoms with van der Waals surface area (Å²) in [5.41, 5.74) is 0. The highest BCUT2D eigenvalue weighted by atomic mass is 16.1. The first-order valence-electron chi connectivity index (χ1n) is 20.4. The lowest BCUT2D eigenvalue weighted by molar-refractivity contribution is -0.119. The van der Waals surface area contributed by atoms with Gasteiger partial charge in [0.2, 0.25) is 0 Å². The summed E-state index contributed by atoms with van der Waals surface area (Å²) in [7, 11) is 4.13. The molecule has 0 bridgehead atoms. The second kappa shape index (κ2) is 38.0. The van der Waals surface area contributed by atoms with Crippen molar-refractivity contribution in [2.45, 2.75) is 200 Å². The lowest BCUT2D eigenvalue weighted by atomic mass is 9.89. The number of ketones is 1. The van der Waals surface area contributed by atoms with Crippen LogP contribution in [0, 0.1) is 5.92 Å². The van der Waals surface area contributed by atoms with Gasteiger partial charge < -0.3 is 4.90 Å². The monoisotopic (exact) mass is 640 g/mol. The molecule has 0 saturated carbocycles. The molecule has 0 saturated heterocycles. The first-order chi connectivity index (χ1) is 22.6. The Labute approximate surface area is 290 Å². The predicted molar refractivity (Wildman–Crippen MR) is 209 cm³/mol. The van der Waals surface area contributed by atoms with Crippen molar-refractivity contribution in [1.29, 1.82) is 0 Å². The van der Waals surface area contributed by atoms with Crippen molar-refractivity contribution in [2.75, 3.05) is 20.6 Å². The van der Waals surface area contributed by atoms with E-state index in [9.17, 15) is 4.79 Å². The number of carbonyl (C=O) groups is 1. The number of rotatable bonds is 36.